The monoisotopic (exact) mass is 335 g/mol. The molecular formula is C18H19F2NO3. The Kier molecular flexibility index (Phi) is 6.12. The molecule has 0 unspecified atom stereocenters. The number of halogens is 2. The van der Waals surface area contributed by atoms with Crippen LogP contribution >= 0.6 is 0 Å². The number of alkyl halides is 2. The van der Waals surface area contributed by atoms with Gasteiger partial charge in [0.1, 0.15) is 0 Å². The molecule has 2 aromatic carbocycles. The van der Waals surface area contributed by atoms with Gasteiger partial charge in [-0.25, -0.2) is 0 Å². The second-order valence-corrected chi connectivity index (χ2v) is 5.24. The molecule has 0 aliphatic heterocycles. The Bertz CT molecular complexity index is 687. The first-order valence-electron chi connectivity index (χ1n) is 7.46. The number of rotatable bonds is 7. The van der Waals surface area contributed by atoms with Crippen molar-refractivity contribution in [3.05, 3.63) is 59.2 Å². The number of aryl methyl sites for hydroxylation is 1. The third kappa shape index (κ3) is 4.94. The van der Waals surface area contributed by atoms with Crippen LogP contribution in [0, 0.1) is 6.92 Å². The summed E-state index contributed by atoms with van der Waals surface area (Å²) in [5.74, 6) is 0.0669. The normalized spacial score (nSPS) is 10.5. The van der Waals surface area contributed by atoms with Crippen molar-refractivity contribution in [3.63, 3.8) is 0 Å². The highest BCUT2D eigenvalue weighted by Gasteiger charge is 2.11. The molecule has 0 fully saturated rings. The smallest absolute Gasteiger partial charge is 0.387 e. The summed E-state index contributed by atoms with van der Waals surface area (Å²) in [7, 11) is 1.39. The van der Waals surface area contributed by atoms with Crippen LogP contribution in [0.1, 0.15) is 21.5 Å². The van der Waals surface area contributed by atoms with E-state index in [1.54, 1.807) is 24.3 Å². The van der Waals surface area contributed by atoms with Gasteiger partial charge >= 0.3 is 6.61 Å². The molecule has 24 heavy (non-hydrogen) atoms. The fourth-order valence-electron chi connectivity index (χ4n) is 2.19. The fourth-order valence-corrected chi connectivity index (χ4v) is 2.19. The molecular weight excluding hydrogens is 316 g/mol. The maximum Gasteiger partial charge on any atom is 0.387 e. The summed E-state index contributed by atoms with van der Waals surface area (Å²) in [6.45, 7) is -0.528. The van der Waals surface area contributed by atoms with Crippen molar-refractivity contribution < 1.29 is 23.0 Å². The van der Waals surface area contributed by atoms with Crippen molar-refractivity contribution in [3.8, 4) is 11.5 Å². The Morgan fingerprint density at radius 3 is 2.46 bits per heavy atom. The van der Waals surface area contributed by atoms with E-state index in [1.807, 2.05) is 19.1 Å². The number of benzene rings is 2. The minimum absolute atomic E-state index is 0.0139. The standard InChI is InChI=1S/C18H19F2NO3/c1-12-3-6-14(7-4-12)17(22)21-10-9-13-5-8-15(24-18(19)20)16(11-13)23-2/h3-8,11,18H,9-10H2,1-2H3,(H,21,22). The van der Waals surface area contributed by atoms with E-state index in [0.717, 1.165) is 11.1 Å². The van der Waals surface area contributed by atoms with Gasteiger partial charge in [-0.3, -0.25) is 4.79 Å². The lowest BCUT2D eigenvalue weighted by molar-refractivity contribution is -0.0512. The van der Waals surface area contributed by atoms with E-state index >= 15 is 0 Å². The highest BCUT2D eigenvalue weighted by molar-refractivity contribution is 5.94. The first kappa shape index (κ1) is 17.7. The second kappa shape index (κ2) is 8.29. The molecule has 0 saturated carbocycles. The topological polar surface area (TPSA) is 47.6 Å². The SMILES string of the molecule is COc1cc(CCNC(=O)c2ccc(C)cc2)ccc1OC(F)F. The lowest BCUT2D eigenvalue weighted by Gasteiger charge is -2.11. The number of carbonyl (C=O) groups is 1. The second-order valence-electron chi connectivity index (χ2n) is 5.24. The maximum atomic E-state index is 12.3. The zero-order valence-electron chi connectivity index (χ0n) is 13.5. The van der Waals surface area contributed by atoms with Gasteiger partial charge in [-0.1, -0.05) is 23.8 Å². The van der Waals surface area contributed by atoms with Gasteiger partial charge in [0.05, 0.1) is 7.11 Å². The Labute approximate surface area is 139 Å². The van der Waals surface area contributed by atoms with E-state index in [0.29, 0.717) is 18.5 Å². The van der Waals surface area contributed by atoms with Gasteiger partial charge in [0.2, 0.25) is 0 Å². The summed E-state index contributed by atoms with van der Waals surface area (Å²) in [5, 5.41) is 2.82. The summed E-state index contributed by atoms with van der Waals surface area (Å²) < 4.78 is 34.0. The van der Waals surface area contributed by atoms with Crippen LogP contribution in [0.5, 0.6) is 11.5 Å². The van der Waals surface area contributed by atoms with E-state index in [-0.39, 0.29) is 17.4 Å². The van der Waals surface area contributed by atoms with E-state index in [1.165, 1.54) is 13.2 Å². The number of methoxy groups -OCH3 is 1. The zero-order valence-corrected chi connectivity index (χ0v) is 13.5. The average Bonchev–Trinajstić information content (AvgIpc) is 2.56. The molecule has 4 nitrogen and oxygen atoms in total. The van der Waals surface area contributed by atoms with Crippen LogP contribution in [0.15, 0.2) is 42.5 Å². The average molecular weight is 335 g/mol. The Hall–Kier alpha value is -2.63. The molecule has 0 atom stereocenters. The number of hydrogen-bond donors (Lipinski definition) is 1. The number of carbonyl (C=O) groups excluding carboxylic acids is 1. The fraction of sp³-hybridized carbons (Fsp3) is 0.278. The molecule has 128 valence electrons. The molecule has 0 saturated heterocycles. The number of ether oxygens (including phenoxy) is 2. The van der Waals surface area contributed by atoms with E-state index in [9.17, 15) is 13.6 Å². The molecule has 0 bridgehead atoms. The molecule has 2 rings (SSSR count). The number of hydrogen-bond acceptors (Lipinski definition) is 3. The highest BCUT2D eigenvalue weighted by Crippen LogP contribution is 2.29. The minimum Gasteiger partial charge on any atom is -0.493 e. The predicted molar refractivity (Wildman–Crippen MR) is 86.8 cm³/mol. The Morgan fingerprint density at radius 1 is 1.12 bits per heavy atom. The molecule has 0 aliphatic rings. The molecule has 0 spiro atoms. The Morgan fingerprint density at radius 2 is 1.83 bits per heavy atom. The van der Waals surface area contributed by atoms with Crippen LogP contribution in [0.4, 0.5) is 8.78 Å². The lowest BCUT2D eigenvalue weighted by atomic mass is 10.1. The van der Waals surface area contributed by atoms with Gasteiger partial charge < -0.3 is 14.8 Å². The summed E-state index contributed by atoms with van der Waals surface area (Å²) in [5.41, 5.74) is 2.53. The molecule has 2 aromatic rings. The third-order valence-corrected chi connectivity index (χ3v) is 3.46. The van der Waals surface area contributed by atoms with Crippen molar-refractivity contribution >= 4 is 5.91 Å². The molecule has 0 radical (unpaired) electrons. The van der Waals surface area contributed by atoms with Gasteiger partial charge in [0.15, 0.2) is 11.5 Å². The predicted octanol–water partition coefficient (Wildman–Crippen LogP) is 3.58. The molecule has 0 heterocycles. The van der Waals surface area contributed by atoms with Crippen LogP contribution < -0.4 is 14.8 Å². The lowest BCUT2D eigenvalue weighted by Crippen LogP contribution is -2.25. The maximum absolute atomic E-state index is 12.3. The molecule has 1 amide bonds. The molecule has 0 aromatic heterocycles. The largest absolute Gasteiger partial charge is 0.493 e. The van der Waals surface area contributed by atoms with E-state index < -0.39 is 6.61 Å². The first-order chi connectivity index (χ1) is 11.5. The van der Waals surface area contributed by atoms with Gasteiger partial charge in [0.25, 0.3) is 5.91 Å². The van der Waals surface area contributed by atoms with Gasteiger partial charge in [-0.15, -0.1) is 0 Å². The van der Waals surface area contributed by atoms with Crippen LogP contribution in [0.3, 0.4) is 0 Å². The van der Waals surface area contributed by atoms with Gasteiger partial charge in [-0.05, 0) is 43.2 Å². The van der Waals surface area contributed by atoms with Crippen LogP contribution in [-0.2, 0) is 6.42 Å². The van der Waals surface area contributed by atoms with Crippen LogP contribution in [-0.4, -0.2) is 26.2 Å². The molecule has 0 aliphatic carbocycles. The van der Waals surface area contributed by atoms with Crippen molar-refractivity contribution in [1.29, 1.82) is 0 Å². The van der Waals surface area contributed by atoms with Crippen molar-refractivity contribution in [1.82, 2.24) is 5.32 Å². The summed E-state index contributed by atoms with van der Waals surface area (Å²) in [6, 6.07) is 12.0. The highest BCUT2D eigenvalue weighted by atomic mass is 19.3. The minimum atomic E-state index is -2.90. The summed E-state index contributed by atoms with van der Waals surface area (Å²) in [6.07, 6.45) is 0.545. The van der Waals surface area contributed by atoms with Crippen molar-refractivity contribution in [2.24, 2.45) is 0 Å². The summed E-state index contributed by atoms with van der Waals surface area (Å²) in [4.78, 5) is 12.0. The van der Waals surface area contributed by atoms with E-state index in [4.69, 9.17) is 4.74 Å². The zero-order chi connectivity index (χ0) is 17.5. The molecule has 1 N–H and O–H groups in total. The van der Waals surface area contributed by atoms with E-state index in [2.05, 4.69) is 10.1 Å². The summed E-state index contributed by atoms with van der Waals surface area (Å²) >= 11 is 0. The number of nitrogens with one attached hydrogen (secondary N) is 1. The molecule has 6 heteroatoms. The van der Waals surface area contributed by atoms with Crippen molar-refractivity contribution in [2.75, 3.05) is 13.7 Å². The van der Waals surface area contributed by atoms with Gasteiger partial charge in [-0.2, -0.15) is 8.78 Å². The third-order valence-electron chi connectivity index (χ3n) is 3.46. The van der Waals surface area contributed by atoms with Gasteiger partial charge in [0, 0.05) is 12.1 Å². The van der Waals surface area contributed by atoms with Crippen molar-refractivity contribution in [2.45, 2.75) is 20.0 Å². The Balaban J connectivity index is 1.92. The van der Waals surface area contributed by atoms with Crippen LogP contribution in [0.2, 0.25) is 0 Å². The first-order valence-corrected chi connectivity index (χ1v) is 7.46. The quantitative estimate of drug-likeness (QED) is 0.841. The van der Waals surface area contributed by atoms with Crippen LogP contribution in [0.25, 0.3) is 0 Å². The number of amides is 1.